The van der Waals surface area contributed by atoms with Crippen LogP contribution in [0.1, 0.15) is 19.3 Å². The minimum absolute atomic E-state index is 0.117. The highest BCUT2D eigenvalue weighted by Crippen LogP contribution is 2.37. The molecule has 24 heavy (non-hydrogen) atoms. The first-order valence-corrected chi connectivity index (χ1v) is 8.51. The second-order valence-corrected chi connectivity index (χ2v) is 6.82. The summed E-state index contributed by atoms with van der Waals surface area (Å²) in [5.74, 6) is 0.173. The second-order valence-electron chi connectivity index (χ2n) is 6.38. The van der Waals surface area contributed by atoms with E-state index in [1.165, 1.54) is 0 Å². The fourth-order valence-electron chi connectivity index (χ4n) is 3.45. The summed E-state index contributed by atoms with van der Waals surface area (Å²) >= 11 is 5.89. The Morgan fingerprint density at radius 1 is 1.50 bits per heavy atom. The van der Waals surface area contributed by atoms with Crippen LogP contribution in [0.4, 0.5) is 0 Å². The lowest BCUT2D eigenvalue weighted by atomic mass is 9.71. The largest absolute Gasteiger partial charge is 0.484 e. The average Bonchev–Trinajstić information content (AvgIpc) is 2.57. The van der Waals surface area contributed by atoms with E-state index in [1.54, 1.807) is 29.2 Å². The molecule has 0 saturated carbocycles. The van der Waals surface area contributed by atoms with E-state index in [9.17, 15) is 14.7 Å². The van der Waals surface area contributed by atoms with Crippen LogP contribution in [0.2, 0.25) is 5.02 Å². The molecular weight excluding hydrogens is 332 g/mol. The maximum absolute atomic E-state index is 12.5. The van der Waals surface area contributed by atoms with E-state index in [2.05, 4.69) is 5.32 Å². The Kier molecular flexibility index (Phi) is 4.96. The molecule has 6 nitrogen and oxygen atoms in total. The molecule has 2 N–H and O–H groups in total. The van der Waals surface area contributed by atoms with Crippen LogP contribution in [0.15, 0.2) is 24.3 Å². The molecule has 2 saturated heterocycles. The number of likely N-dealkylation sites (tertiary alicyclic amines) is 1. The molecule has 1 aromatic carbocycles. The van der Waals surface area contributed by atoms with Gasteiger partial charge in [0.05, 0.1) is 11.5 Å². The molecule has 0 radical (unpaired) electrons. The van der Waals surface area contributed by atoms with Crippen molar-refractivity contribution in [2.24, 2.45) is 5.41 Å². The van der Waals surface area contributed by atoms with Gasteiger partial charge in [0.15, 0.2) is 6.61 Å². The van der Waals surface area contributed by atoms with Crippen LogP contribution in [0.25, 0.3) is 0 Å². The van der Waals surface area contributed by atoms with Gasteiger partial charge in [-0.25, -0.2) is 0 Å². The van der Waals surface area contributed by atoms with E-state index in [0.717, 1.165) is 6.42 Å². The fourth-order valence-corrected chi connectivity index (χ4v) is 3.63. The van der Waals surface area contributed by atoms with Crippen molar-refractivity contribution in [1.82, 2.24) is 10.2 Å². The van der Waals surface area contributed by atoms with Crippen molar-refractivity contribution < 1.29 is 19.4 Å². The van der Waals surface area contributed by atoms with Crippen molar-refractivity contribution in [3.63, 3.8) is 0 Å². The number of rotatable bonds is 3. The van der Waals surface area contributed by atoms with Crippen LogP contribution >= 0.6 is 11.6 Å². The minimum Gasteiger partial charge on any atom is -0.484 e. The van der Waals surface area contributed by atoms with Gasteiger partial charge in [-0.1, -0.05) is 17.7 Å². The molecule has 3 rings (SSSR count). The zero-order chi connectivity index (χ0) is 17.2. The lowest BCUT2D eigenvalue weighted by molar-refractivity contribution is -0.155. The summed E-state index contributed by atoms with van der Waals surface area (Å²) in [6.07, 6.45) is 1.09. The van der Waals surface area contributed by atoms with E-state index in [-0.39, 0.29) is 25.0 Å². The number of carbonyl (C=O) groups is 2. The van der Waals surface area contributed by atoms with Gasteiger partial charge < -0.3 is 20.1 Å². The Balaban J connectivity index is 1.64. The number of hydrogen-bond acceptors (Lipinski definition) is 4. The molecule has 0 aromatic heterocycles. The number of benzene rings is 1. The van der Waals surface area contributed by atoms with E-state index in [0.29, 0.717) is 36.7 Å². The van der Waals surface area contributed by atoms with E-state index in [4.69, 9.17) is 16.3 Å². The molecular formula is C17H21ClN2O4. The topological polar surface area (TPSA) is 78.9 Å². The number of amides is 2. The number of carbonyl (C=O) groups excluding carboxylic acids is 2. The zero-order valence-electron chi connectivity index (χ0n) is 13.3. The first-order chi connectivity index (χ1) is 11.5. The summed E-state index contributed by atoms with van der Waals surface area (Å²) in [5.41, 5.74) is -0.887. The Hall–Kier alpha value is -1.79. The van der Waals surface area contributed by atoms with Crippen LogP contribution in [-0.4, -0.2) is 54.2 Å². The Bertz CT molecular complexity index is 639. The van der Waals surface area contributed by atoms with Crippen molar-refractivity contribution in [2.45, 2.75) is 25.4 Å². The SMILES string of the molecule is O=C(COc1cccc(Cl)c1)N1CC[C@H](O)[C@@]2(CCCNC2=O)C1. The number of aliphatic hydroxyl groups is 1. The van der Waals surface area contributed by atoms with Crippen LogP contribution in [0.3, 0.4) is 0 Å². The van der Waals surface area contributed by atoms with Crippen molar-refractivity contribution in [2.75, 3.05) is 26.2 Å². The number of halogens is 1. The number of hydrogen-bond donors (Lipinski definition) is 2. The minimum atomic E-state index is -0.887. The van der Waals surface area contributed by atoms with Crippen LogP contribution in [-0.2, 0) is 9.59 Å². The fraction of sp³-hybridized carbons (Fsp3) is 0.529. The molecule has 2 amide bonds. The molecule has 2 heterocycles. The third-order valence-corrected chi connectivity index (χ3v) is 5.07. The molecule has 2 fully saturated rings. The molecule has 130 valence electrons. The van der Waals surface area contributed by atoms with Crippen molar-refractivity contribution in [3.8, 4) is 5.75 Å². The molecule has 1 spiro atoms. The molecule has 2 atom stereocenters. The van der Waals surface area contributed by atoms with Gasteiger partial charge in [-0.15, -0.1) is 0 Å². The van der Waals surface area contributed by atoms with E-state index >= 15 is 0 Å². The van der Waals surface area contributed by atoms with E-state index < -0.39 is 11.5 Å². The molecule has 2 aliphatic rings. The number of nitrogens with zero attached hydrogens (tertiary/aromatic N) is 1. The predicted molar refractivity (Wildman–Crippen MR) is 88.8 cm³/mol. The summed E-state index contributed by atoms with van der Waals surface area (Å²) in [5, 5.41) is 13.7. The second kappa shape index (κ2) is 6.99. The molecule has 0 aliphatic carbocycles. The standard InChI is InChI=1S/C17H21ClN2O4/c18-12-3-1-4-13(9-12)24-10-15(22)20-8-5-14(21)17(11-20)6-2-7-19-16(17)23/h1,3-4,9,14,21H,2,5-8,10-11H2,(H,19,23)/t14-,17+/m0/s1. The summed E-state index contributed by atoms with van der Waals surface area (Å²) in [6.45, 7) is 1.17. The molecule has 0 bridgehead atoms. The Labute approximate surface area is 145 Å². The Morgan fingerprint density at radius 3 is 3.08 bits per heavy atom. The van der Waals surface area contributed by atoms with Gasteiger partial charge in [-0.05, 0) is 37.5 Å². The number of ether oxygens (including phenoxy) is 1. The van der Waals surface area contributed by atoms with E-state index in [1.807, 2.05) is 0 Å². The zero-order valence-corrected chi connectivity index (χ0v) is 14.1. The van der Waals surface area contributed by atoms with Gasteiger partial charge in [0.2, 0.25) is 5.91 Å². The van der Waals surface area contributed by atoms with Gasteiger partial charge in [0.1, 0.15) is 5.75 Å². The van der Waals surface area contributed by atoms with Crippen molar-refractivity contribution in [3.05, 3.63) is 29.3 Å². The number of nitrogens with one attached hydrogen (secondary N) is 1. The first kappa shape index (κ1) is 17.0. The first-order valence-electron chi connectivity index (χ1n) is 8.14. The highest BCUT2D eigenvalue weighted by atomic mass is 35.5. The van der Waals surface area contributed by atoms with Gasteiger partial charge >= 0.3 is 0 Å². The van der Waals surface area contributed by atoms with Gasteiger partial charge in [0, 0.05) is 24.7 Å². The molecule has 7 heteroatoms. The maximum Gasteiger partial charge on any atom is 0.260 e. The van der Waals surface area contributed by atoms with Gasteiger partial charge in [-0.2, -0.15) is 0 Å². The highest BCUT2D eigenvalue weighted by Gasteiger charge is 2.50. The average molecular weight is 353 g/mol. The summed E-state index contributed by atoms with van der Waals surface area (Å²) < 4.78 is 5.49. The van der Waals surface area contributed by atoms with Crippen LogP contribution < -0.4 is 10.1 Å². The van der Waals surface area contributed by atoms with Crippen LogP contribution in [0.5, 0.6) is 5.75 Å². The number of piperidine rings is 2. The lowest BCUT2D eigenvalue weighted by Crippen LogP contribution is -2.62. The monoisotopic (exact) mass is 352 g/mol. The Morgan fingerprint density at radius 2 is 2.33 bits per heavy atom. The predicted octanol–water partition coefficient (Wildman–Crippen LogP) is 1.21. The summed E-state index contributed by atoms with van der Waals surface area (Å²) in [6, 6.07) is 6.86. The highest BCUT2D eigenvalue weighted by molar-refractivity contribution is 6.30. The summed E-state index contributed by atoms with van der Waals surface area (Å²) in [4.78, 5) is 26.4. The smallest absolute Gasteiger partial charge is 0.260 e. The third-order valence-electron chi connectivity index (χ3n) is 4.83. The maximum atomic E-state index is 12.5. The molecule has 1 aromatic rings. The normalized spacial score (nSPS) is 27.0. The quantitative estimate of drug-likeness (QED) is 0.857. The van der Waals surface area contributed by atoms with Gasteiger partial charge in [0.25, 0.3) is 5.91 Å². The van der Waals surface area contributed by atoms with Gasteiger partial charge in [-0.3, -0.25) is 9.59 Å². The van der Waals surface area contributed by atoms with Crippen molar-refractivity contribution in [1.29, 1.82) is 0 Å². The summed E-state index contributed by atoms with van der Waals surface area (Å²) in [7, 11) is 0. The molecule has 2 aliphatic heterocycles. The van der Waals surface area contributed by atoms with Crippen molar-refractivity contribution >= 4 is 23.4 Å². The number of aliphatic hydroxyl groups excluding tert-OH is 1. The molecule has 0 unspecified atom stereocenters. The third kappa shape index (κ3) is 3.35. The van der Waals surface area contributed by atoms with Crippen LogP contribution in [0, 0.1) is 5.41 Å². The lowest BCUT2D eigenvalue weighted by Gasteiger charge is -2.46.